The molecule has 1 aliphatic carbocycles. The van der Waals surface area contributed by atoms with Crippen LogP contribution in [0.3, 0.4) is 0 Å². The maximum Gasteiger partial charge on any atom is 0.417 e. The van der Waals surface area contributed by atoms with Crippen molar-refractivity contribution in [2.24, 2.45) is 0 Å². The van der Waals surface area contributed by atoms with Crippen LogP contribution in [0.1, 0.15) is 28.8 Å². The van der Waals surface area contributed by atoms with E-state index >= 15 is 0 Å². The first-order valence-electron chi connectivity index (χ1n) is 9.68. The highest BCUT2D eigenvalue weighted by Gasteiger charge is 2.33. The van der Waals surface area contributed by atoms with Gasteiger partial charge in [-0.15, -0.1) is 0 Å². The van der Waals surface area contributed by atoms with Crippen molar-refractivity contribution >= 4 is 28.5 Å². The van der Waals surface area contributed by atoms with Crippen LogP contribution in [0.25, 0.3) is 11.0 Å². The largest absolute Gasteiger partial charge is 0.484 e. The smallest absolute Gasteiger partial charge is 0.417 e. The molecule has 0 unspecified atom stereocenters. The maximum atomic E-state index is 13.1. The zero-order valence-electron chi connectivity index (χ0n) is 16.5. The van der Waals surface area contributed by atoms with Crippen LogP contribution in [0, 0.1) is 0 Å². The van der Waals surface area contributed by atoms with Crippen LogP contribution in [0.2, 0.25) is 0 Å². The van der Waals surface area contributed by atoms with Gasteiger partial charge in [0.1, 0.15) is 11.3 Å². The number of fused-ring (bicyclic) bond motifs is 1. The molecule has 0 bridgehead atoms. The molecule has 10 heteroatoms. The van der Waals surface area contributed by atoms with Gasteiger partial charge in [-0.25, -0.2) is 4.79 Å². The molecule has 2 N–H and O–H groups in total. The van der Waals surface area contributed by atoms with E-state index in [1.807, 2.05) is 0 Å². The maximum absolute atomic E-state index is 13.1. The molecule has 7 nitrogen and oxygen atoms in total. The normalized spacial score (nSPS) is 13.6. The summed E-state index contributed by atoms with van der Waals surface area (Å²) in [6.45, 7) is -0.451. The lowest BCUT2D eigenvalue weighted by atomic mass is 10.1. The van der Waals surface area contributed by atoms with Crippen molar-refractivity contribution in [3.63, 3.8) is 0 Å². The molecule has 4 rings (SSSR count). The van der Waals surface area contributed by atoms with Crippen LogP contribution in [-0.2, 0) is 11.0 Å². The van der Waals surface area contributed by atoms with Gasteiger partial charge in [-0.2, -0.15) is 13.2 Å². The van der Waals surface area contributed by atoms with Gasteiger partial charge in [0, 0.05) is 34.8 Å². The molecular weight excluding hydrogens is 429 g/mol. The van der Waals surface area contributed by atoms with Crippen LogP contribution < -0.4 is 21.0 Å². The summed E-state index contributed by atoms with van der Waals surface area (Å²) in [5, 5.41) is 5.14. The zero-order valence-corrected chi connectivity index (χ0v) is 16.5. The summed E-state index contributed by atoms with van der Waals surface area (Å²) in [5.74, 6) is -0.723. The van der Waals surface area contributed by atoms with Gasteiger partial charge in [0.15, 0.2) is 6.61 Å². The van der Waals surface area contributed by atoms with E-state index in [1.165, 1.54) is 12.1 Å². The SMILES string of the molecule is O=C(COc1ccc2c(C(F)(F)F)cc(=O)oc2c1)Nc1cccc(C(=O)NC2CC2)c1. The number of rotatable bonds is 6. The van der Waals surface area contributed by atoms with Crippen molar-refractivity contribution in [3.8, 4) is 5.75 Å². The number of ether oxygens (including phenoxy) is 1. The molecule has 3 aromatic rings. The Bertz CT molecular complexity index is 1250. The average Bonchev–Trinajstić information content (AvgIpc) is 3.55. The molecule has 0 aliphatic heterocycles. The topological polar surface area (TPSA) is 97.6 Å². The number of nitrogens with one attached hydrogen (secondary N) is 2. The van der Waals surface area contributed by atoms with E-state index in [9.17, 15) is 27.6 Å². The van der Waals surface area contributed by atoms with Gasteiger partial charge in [0.05, 0.1) is 5.56 Å². The second-order valence-corrected chi connectivity index (χ2v) is 7.30. The predicted molar refractivity (Wildman–Crippen MR) is 109 cm³/mol. The first-order valence-corrected chi connectivity index (χ1v) is 9.68. The summed E-state index contributed by atoms with van der Waals surface area (Å²) in [7, 11) is 0. The minimum absolute atomic E-state index is 0.0488. The van der Waals surface area contributed by atoms with E-state index in [2.05, 4.69) is 10.6 Å². The lowest BCUT2D eigenvalue weighted by Crippen LogP contribution is -2.25. The van der Waals surface area contributed by atoms with Gasteiger partial charge >= 0.3 is 11.8 Å². The third-order valence-electron chi connectivity index (χ3n) is 4.71. The minimum Gasteiger partial charge on any atom is -0.484 e. The van der Waals surface area contributed by atoms with E-state index in [0.29, 0.717) is 17.3 Å². The van der Waals surface area contributed by atoms with Crippen LogP contribution in [0.5, 0.6) is 5.75 Å². The number of carbonyl (C=O) groups is 2. The fraction of sp³-hybridized carbons (Fsp3) is 0.227. The Hall–Kier alpha value is -3.82. The molecule has 0 atom stereocenters. The van der Waals surface area contributed by atoms with Crippen molar-refractivity contribution in [3.05, 3.63) is 70.1 Å². The number of hydrogen-bond donors (Lipinski definition) is 2. The van der Waals surface area contributed by atoms with Gasteiger partial charge in [0.25, 0.3) is 11.8 Å². The second kappa shape index (κ2) is 8.37. The Balaban J connectivity index is 1.42. The van der Waals surface area contributed by atoms with Gasteiger partial charge in [-0.1, -0.05) is 6.07 Å². The highest BCUT2D eigenvalue weighted by atomic mass is 19.4. The highest BCUT2D eigenvalue weighted by Crippen LogP contribution is 2.34. The third-order valence-corrected chi connectivity index (χ3v) is 4.71. The lowest BCUT2D eigenvalue weighted by Gasteiger charge is -2.11. The van der Waals surface area contributed by atoms with Gasteiger partial charge in [-0.05, 0) is 43.2 Å². The van der Waals surface area contributed by atoms with Crippen molar-refractivity contribution in [2.45, 2.75) is 25.1 Å². The first-order chi connectivity index (χ1) is 15.2. The molecule has 166 valence electrons. The molecule has 1 saturated carbocycles. The Morgan fingerprint density at radius 1 is 1.09 bits per heavy atom. The van der Waals surface area contributed by atoms with Crippen LogP contribution >= 0.6 is 0 Å². The Morgan fingerprint density at radius 3 is 2.59 bits per heavy atom. The molecule has 1 fully saturated rings. The van der Waals surface area contributed by atoms with Crippen molar-refractivity contribution < 1.29 is 31.9 Å². The average molecular weight is 446 g/mol. The summed E-state index contributed by atoms with van der Waals surface area (Å²) in [5.41, 5.74) is -1.77. The Labute approximate surface area is 179 Å². The van der Waals surface area contributed by atoms with Crippen molar-refractivity contribution in [1.29, 1.82) is 0 Å². The van der Waals surface area contributed by atoms with E-state index in [4.69, 9.17) is 9.15 Å². The summed E-state index contributed by atoms with van der Waals surface area (Å²) in [6.07, 6.45) is -2.81. The van der Waals surface area contributed by atoms with E-state index in [-0.39, 0.29) is 28.7 Å². The second-order valence-electron chi connectivity index (χ2n) is 7.30. The number of amides is 2. The molecule has 1 aromatic heterocycles. The number of benzene rings is 2. The van der Waals surface area contributed by atoms with Gasteiger partial charge < -0.3 is 19.8 Å². The zero-order chi connectivity index (χ0) is 22.9. The summed E-state index contributed by atoms with van der Waals surface area (Å²) in [4.78, 5) is 35.8. The number of carbonyl (C=O) groups excluding carboxylic acids is 2. The van der Waals surface area contributed by atoms with E-state index < -0.39 is 29.9 Å². The van der Waals surface area contributed by atoms with Crippen LogP contribution in [0.15, 0.2) is 57.7 Å². The first kappa shape index (κ1) is 21.4. The molecule has 1 aliphatic rings. The summed E-state index contributed by atoms with van der Waals surface area (Å²) >= 11 is 0. The summed E-state index contributed by atoms with van der Waals surface area (Å²) in [6, 6.07) is 10.4. The van der Waals surface area contributed by atoms with Gasteiger partial charge in [-0.3, -0.25) is 9.59 Å². The monoisotopic (exact) mass is 446 g/mol. The molecular formula is C22H17F3N2O5. The van der Waals surface area contributed by atoms with Crippen molar-refractivity contribution in [1.82, 2.24) is 5.32 Å². The predicted octanol–water partition coefficient (Wildman–Crippen LogP) is 3.72. The Morgan fingerprint density at radius 2 is 1.88 bits per heavy atom. The highest BCUT2D eigenvalue weighted by molar-refractivity contribution is 5.97. The standard InChI is InChI=1S/C22H17F3N2O5/c23-22(24,25)17-10-20(29)32-18-9-15(6-7-16(17)18)31-11-19(28)26-14-3-1-2-12(8-14)21(30)27-13-4-5-13/h1-3,6-10,13H,4-5,11H2,(H,26,28)(H,27,30). The summed E-state index contributed by atoms with van der Waals surface area (Å²) < 4.78 is 49.5. The quantitative estimate of drug-likeness (QED) is 0.563. The molecule has 0 radical (unpaired) electrons. The van der Waals surface area contributed by atoms with Crippen molar-refractivity contribution in [2.75, 3.05) is 11.9 Å². The van der Waals surface area contributed by atoms with E-state index in [0.717, 1.165) is 25.0 Å². The molecule has 0 saturated heterocycles. The Kier molecular flexibility index (Phi) is 5.60. The fourth-order valence-corrected chi connectivity index (χ4v) is 3.05. The number of alkyl halides is 3. The van der Waals surface area contributed by atoms with Crippen LogP contribution in [0.4, 0.5) is 18.9 Å². The number of hydrogen-bond acceptors (Lipinski definition) is 5. The lowest BCUT2D eigenvalue weighted by molar-refractivity contribution is -0.136. The van der Waals surface area contributed by atoms with Crippen LogP contribution in [-0.4, -0.2) is 24.5 Å². The van der Waals surface area contributed by atoms with E-state index in [1.54, 1.807) is 18.2 Å². The molecule has 0 spiro atoms. The fourth-order valence-electron chi connectivity index (χ4n) is 3.05. The molecule has 2 aromatic carbocycles. The van der Waals surface area contributed by atoms with Gasteiger partial charge in [0.2, 0.25) is 0 Å². The third kappa shape index (κ3) is 5.08. The molecule has 2 amide bonds. The number of anilines is 1. The number of halogens is 3. The molecule has 32 heavy (non-hydrogen) atoms. The molecule has 1 heterocycles. The minimum atomic E-state index is -4.72.